The van der Waals surface area contributed by atoms with Crippen LogP contribution in [0.4, 0.5) is 68.2 Å². The van der Waals surface area contributed by atoms with Crippen LogP contribution in [0.1, 0.15) is 33.4 Å². The lowest BCUT2D eigenvalue weighted by atomic mass is 9.85. The average Bonchev–Trinajstić information content (AvgIpc) is 0.732. The number of anilines is 12. The van der Waals surface area contributed by atoms with Crippen LogP contribution < -0.4 is 19.6 Å². The quantitative estimate of drug-likeness (QED) is 0.0557. The molecular formula is C102H74N4. The molecule has 106 heavy (non-hydrogen) atoms. The molecule has 0 heterocycles. The normalized spacial score (nSPS) is 11.5. The van der Waals surface area contributed by atoms with Gasteiger partial charge in [-0.15, -0.1) is 0 Å². The number of fused-ring (bicyclic) bond motifs is 2. The highest BCUT2D eigenvalue weighted by Gasteiger charge is 2.21. The summed E-state index contributed by atoms with van der Waals surface area (Å²) in [5, 5.41) is 4.79. The van der Waals surface area contributed by atoms with E-state index in [1.54, 1.807) is 0 Å². The lowest BCUT2D eigenvalue weighted by Gasteiger charge is -2.26. The van der Waals surface area contributed by atoms with E-state index in [9.17, 15) is 0 Å². The maximum atomic E-state index is 2.34. The first-order chi connectivity index (χ1) is 52.6. The summed E-state index contributed by atoms with van der Waals surface area (Å²) in [7, 11) is 0. The van der Waals surface area contributed by atoms with Gasteiger partial charge in [-0.05, 0) is 246 Å². The maximum absolute atomic E-state index is 2.34. The third-order valence-corrected chi connectivity index (χ3v) is 19.8. The van der Waals surface area contributed by atoms with Gasteiger partial charge in [-0.2, -0.15) is 0 Å². The fourth-order valence-corrected chi connectivity index (χ4v) is 14.8. The number of hydrogen-bond donors (Lipinski definition) is 0. The predicted molar refractivity (Wildman–Crippen MR) is 451 cm³/mol. The van der Waals surface area contributed by atoms with E-state index < -0.39 is 0 Å². The monoisotopic (exact) mass is 1350 g/mol. The molecule has 0 amide bonds. The summed E-state index contributed by atoms with van der Waals surface area (Å²) < 4.78 is 0. The molecule has 0 bridgehead atoms. The van der Waals surface area contributed by atoms with Crippen molar-refractivity contribution in [1.29, 1.82) is 0 Å². The summed E-state index contributed by atoms with van der Waals surface area (Å²) >= 11 is 0. The van der Waals surface area contributed by atoms with Crippen molar-refractivity contribution in [3.05, 3.63) is 470 Å². The number of hydrogen-bond acceptors (Lipinski definition) is 4. The molecule has 0 spiro atoms. The van der Waals surface area contributed by atoms with Gasteiger partial charge >= 0.3 is 0 Å². The zero-order valence-corrected chi connectivity index (χ0v) is 58.5. The Morgan fingerprint density at radius 2 is 0.311 bits per heavy atom. The van der Waals surface area contributed by atoms with Crippen molar-refractivity contribution in [2.24, 2.45) is 0 Å². The molecule has 17 aromatic rings. The fraction of sp³-hybridized carbons (Fsp3) is 0. The summed E-state index contributed by atoms with van der Waals surface area (Å²) in [6, 6.07) is 157. The van der Waals surface area contributed by atoms with Gasteiger partial charge in [0.25, 0.3) is 0 Å². The van der Waals surface area contributed by atoms with Crippen LogP contribution in [-0.4, -0.2) is 0 Å². The Morgan fingerprint density at radius 3 is 0.509 bits per heavy atom. The van der Waals surface area contributed by atoms with Gasteiger partial charge in [-0.1, -0.05) is 291 Å². The van der Waals surface area contributed by atoms with Gasteiger partial charge in [0.15, 0.2) is 0 Å². The molecule has 0 aliphatic carbocycles. The summed E-state index contributed by atoms with van der Waals surface area (Å²) in [5.41, 5.74) is 26.7. The van der Waals surface area contributed by atoms with Gasteiger partial charge < -0.3 is 19.6 Å². The van der Waals surface area contributed by atoms with E-state index in [0.717, 1.165) is 124 Å². The Hall–Kier alpha value is -14.1. The number of rotatable bonds is 20. The van der Waals surface area contributed by atoms with Crippen molar-refractivity contribution in [2.75, 3.05) is 19.6 Å². The first-order valence-electron chi connectivity index (χ1n) is 36.2. The van der Waals surface area contributed by atoms with Crippen molar-refractivity contribution in [3.63, 3.8) is 0 Å². The topological polar surface area (TPSA) is 13.0 Å². The molecule has 0 saturated carbocycles. The summed E-state index contributed by atoms with van der Waals surface area (Å²) in [5.74, 6) is 0. The minimum atomic E-state index is 1.08. The molecule has 4 heteroatoms. The number of benzene rings is 17. The van der Waals surface area contributed by atoms with Crippen LogP contribution in [0.2, 0.25) is 0 Å². The smallest absolute Gasteiger partial charge is 0.0462 e. The standard InChI is InChI=1S/C102H74N4/c1-9-29-83(30-10-1)103(84-31-11-2-12-32-84)91-65-49-75(50-66-91)73-99(79-61-69-93(70-62-79)105(87-37-17-5-18-38-87)88-39-19-6-20-40-88)77-53-57-81(58-54-77)101-95-45-25-27-47-97(95)102(98-48-28-26-46-96(98)101)82-59-55-78(56-60-82)100(80-63-71-94(72-64-80)106(89-41-21-7-22-42-89)90-43-23-8-24-44-90)74-76-51-67-92(68-52-76)104(85-33-13-3-14-34-85)86-35-15-4-16-36-86/h1-74H/b99-73-,100-74-. The van der Waals surface area contributed by atoms with Crippen LogP contribution in [0.3, 0.4) is 0 Å². The first kappa shape index (κ1) is 65.3. The highest BCUT2D eigenvalue weighted by atomic mass is 15.2. The predicted octanol–water partition coefficient (Wildman–Crippen LogP) is 28.4. The number of para-hydroxylation sites is 8. The zero-order valence-electron chi connectivity index (χ0n) is 58.5. The Balaban J connectivity index is 0.740. The fourth-order valence-electron chi connectivity index (χ4n) is 14.8. The molecule has 0 N–H and O–H groups in total. The molecule has 0 radical (unpaired) electrons. The van der Waals surface area contributed by atoms with Crippen molar-refractivity contribution in [1.82, 2.24) is 0 Å². The van der Waals surface area contributed by atoms with E-state index in [-0.39, 0.29) is 0 Å². The van der Waals surface area contributed by atoms with Crippen LogP contribution in [0.15, 0.2) is 437 Å². The van der Waals surface area contributed by atoms with Crippen LogP contribution in [-0.2, 0) is 0 Å². The van der Waals surface area contributed by atoms with Crippen LogP contribution in [0.25, 0.3) is 67.1 Å². The van der Waals surface area contributed by atoms with Crippen LogP contribution in [0.5, 0.6) is 0 Å². The maximum Gasteiger partial charge on any atom is 0.0462 e. The molecule has 0 saturated heterocycles. The second kappa shape index (κ2) is 30.3. The Bertz CT molecular complexity index is 5260. The van der Waals surface area contributed by atoms with Gasteiger partial charge in [0.2, 0.25) is 0 Å². The second-order valence-corrected chi connectivity index (χ2v) is 26.4. The average molecular weight is 1360 g/mol. The SMILES string of the molecule is C(=C(\c1ccc(-c2c3ccccc3c(-c3ccc(/C(=C/c4ccc(N(c5ccccc5)c5ccccc5)cc4)c4ccc(N(c5ccccc5)c5ccccc5)cc4)cc3)c3ccccc23)cc1)c1ccc(N(c2ccccc2)c2ccccc2)cc1)/c1ccc(N(c2ccccc2)c2ccccc2)cc1. The number of nitrogens with zero attached hydrogens (tertiary/aromatic N) is 4. The lowest BCUT2D eigenvalue weighted by Crippen LogP contribution is -2.09. The van der Waals surface area contributed by atoms with Crippen LogP contribution >= 0.6 is 0 Å². The van der Waals surface area contributed by atoms with Crippen molar-refractivity contribution in [3.8, 4) is 22.3 Å². The van der Waals surface area contributed by atoms with Gasteiger partial charge in [-0.3, -0.25) is 0 Å². The Labute approximate surface area is 621 Å². The molecule has 0 unspecified atom stereocenters. The molecule has 0 aromatic heterocycles. The Kier molecular flexibility index (Phi) is 18.6. The molecule has 0 aliphatic heterocycles. The zero-order chi connectivity index (χ0) is 70.8. The molecule has 4 nitrogen and oxygen atoms in total. The second-order valence-electron chi connectivity index (χ2n) is 26.4. The van der Waals surface area contributed by atoms with Crippen molar-refractivity contribution >= 4 is 113 Å². The third-order valence-electron chi connectivity index (χ3n) is 19.8. The first-order valence-corrected chi connectivity index (χ1v) is 36.2. The minimum absolute atomic E-state index is 1.08. The van der Waals surface area contributed by atoms with Gasteiger partial charge in [0.05, 0.1) is 0 Å². The summed E-state index contributed by atoms with van der Waals surface area (Å²) in [6.07, 6.45) is 4.68. The van der Waals surface area contributed by atoms with Gasteiger partial charge in [-0.25, -0.2) is 0 Å². The van der Waals surface area contributed by atoms with Gasteiger partial charge in [0, 0.05) is 68.2 Å². The van der Waals surface area contributed by atoms with Crippen molar-refractivity contribution < 1.29 is 0 Å². The summed E-state index contributed by atoms with van der Waals surface area (Å²) in [4.78, 5) is 9.25. The molecule has 0 atom stereocenters. The Morgan fingerprint density at radius 1 is 0.151 bits per heavy atom. The van der Waals surface area contributed by atoms with E-state index >= 15 is 0 Å². The summed E-state index contributed by atoms with van der Waals surface area (Å²) in [6.45, 7) is 0. The van der Waals surface area contributed by atoms with Crippen LogP contribution in [0, 0.1) is 0 Å². The molecule has 17 aromatic carbocycles. The highest BCUT2D eigenvalue weighted by Crippen LogP contribution is 2.46. The third kappa shape index (κ3) is 13.7. The van der Waals surface area contributed by atoms with E-state index in [4.69, 9.17) is 0 Å². The van der Waals surface area contributed by atoms with E-state index in [1.165, 1.54) is 32.7 Å². The minimum Gasteiger partial charge on any atom is -0.311 e. The lowest BCUT2D eigenvalue weighted by molar-refractivity contribution is 1.28. The molecular weight excluding hydrogens is 1280 g/mol. The highest BCUT2D eigenvalue weighted by molar-refractivity contribution is 6.21. The largest absolute Gasteiger partial charge is 0.311 e. The van der Waals surface area contributed by atoms with E-state index in [1.807, 2.05) is 0 Å². The van der Waals surface area contributed by atoms with Crippen molar-refractivity contribution in [2.45, 2.75) is 0 Å². The molecule has 17 rings (SSSR count). The van der Waals surface area contributed by atoms with Gasteiger partial charge in [0.1, 0.15) is 0 Å². The molecule has 0 fully saturated rings. The van der Waals surface area contributed by atoms with E-state index in [2.05, 4.69) is 469 Å². The molecule has 502 valence electrons. The van der Waals surface area contributed by atoms with E-state index in [0.29, 0.717) is 0 Å². The molecule has 0 aliphatic rings.